The van der Waals surface area contributed by atoms with Gasteiger partial charge in [-0.2, -0.15) is 0 Å². The summed E-state index contributed by atoms with van der Waals surface area (Å²) < 4.78 is 0. The second-order valence-corrected chi connectivity index (χ2v) is 2.26. The number of alkyl halides is 1. The fraction of sp³-hybridized carbons (Fsp3) is 1.00. The minimum atomic E-state index is -2.77. The molecule has 0 saturated carbocycles. The van der Waals surface area contributed by atoms with E-state index in [1.54, 1.807) is 0 Å². The molecule has 0 aliphatic carbocycles. The first-order chi connectivity index (χ1) is 4.00. The van der Waals surface area contributed by atoms with Crippen molar-refractivity contribution in [1.29, 1.82) is 0 Å². The van der Waals surface area contributed by atoms with Crippen molar-refractivity contribution in [2.24, 2.45) is 0 Å². The van der Waals surface area contributed by atoms with Gasteiger partial charge in [-0.05, 0) is 0 Å². The van der Waals surface area contributed by atoms with Gasteiger partial charge in [-0.15, -0.1) is 0 Å². The van der Waals surface area contributed by atoms with E-state index in [0.29, 0.717) is 0 Å². The molecule has 0 aliphatic rings. The van der Waals surface area contributed by atoms with Crippen molar-refractivity contribution in [2.45, 2.75) is 12.3 Å². The largest absolute Gasteiger partial charge is 0.437 e. The number of nitrogens with zero attached hydrogens (tertiary/aromatic N) is 1. The highest BCUT2D eigenvalue weighted by Gasteiger charge is 2.36. The van der Waals surface area contributed by atoms with Crippen LogP contribution in [0.1, 0.15) is 6.42 Å². The van der Waals surface area contributed by atoms with Crippen molar-refractivity contribution in [2.75, 3.05) is 5.33 Å². The van der Waals surface area contributed by atoms with Gasteiger partial charge in [0, 0.05) is 5.33 Å². The first-order valence-corrected chi connectivity index (χ1v) is 3.28. The number of hydrogen-bond acceptors (Lipinski definition) is 4. The van der Waals surface area contributed by atoms with Crippen LogP contribution in [0.25, 0.3) is 0 Å². The van der Waals surface area contributed by atoms with Crippen LogP contribution in [0.5, 0.6) is 0 Å². The van der Waals surface area contributed by atoms with E-state index >= 15 is 0 Å². The Balaban J connectivity index is 3.85. The number of aliphatic hydroxyl groups is 2. The Bertz CT molecular complexity index is 114. The van der Waals surface area contributed by atoms with Crippen molar-refractivity contribution >= 4 is 15.9 Å². The van der Waals surface area contributed by atoms with Crippen molar-refractivity contribution in [3.05, 3.63) is 10.1 Å². The zero-order valence-corrected chi connectivity index (χ0v) is 6.04. The van der Waals surface area contributed by atoms with Crippen LogP contribution in [-0.4, -0.2) is 26.4 Å². The Morgan fingerprint density at radius 1 is 1.67 bits per heavy atom. The molecule has 0 aromatic rings. The van der Waals surface area contributed by atoms with E-state index in [1.165, 1.54) is 0 Å². The van der Waals surface area contributed by atoms with Crippen molar-refractivity contribution in [3.8, 4) is 0 Å². The maximum Gasteiger partial charge on any atom is 0.437 e. The van der Waals surface area contributed by atoms with Crippen LogP contribution < -0.4 is 0 Å². The molecule has 0 rings (SSSR count). The van der Waals surface area contributed by atoms with E-state index in [9.17, 15) is 10.1 Å². The van der Waals surface area contributed by atoms with Crippen molar-refractivity contribution < 1.29 is 15.1 Å². The summed E-state index contributed by atoms with van der Waals surface area (Å²) >= 11 is 2.83. The van der Waals surface area contributed by atoms with Gasteiger partial charge in [0.05, 0.1) is 11.3 Å². The molecule has 0 heterocycles. The van der Waals surface area contributed by atoms with E-state index in [0.717, 1.165) is 0 Å². The fourth-order valence-electron chi connectivity index (χ4n) is 0.218. The highest BCUT2D eigenvalue weighted by atomic mass is 79.9. The fourth-order valence-corrected chi connectivity index (χ4v) is 0.750. The van der Waals surface area contributed by atoms with E-state index < -0.39 is 10.8 Å². The average molecular weight is 200 g/mol. The summed E-state index contributed by atoms with van der Waals surface area (Å²) in [6.07, 6.45) is -0.319. The van der Waals surface area contributed by atoms with Gasteiger partial charge in [0.1, 0.15) is 0 Å². The minimum Gasteiger partial charge on any atom is -0.307 e. The molecule has 5 nitrogen and oxygen atoms in total. The standard InChI is InChI=1S/C3H6BrNO4/c4-2-1-3(6,7)5(8)9/h6-7H,1-2H2. The lowest BCUT2D eigenvalue weighted by molar-refractivity contribution is -0.683. The maximum absolute atomic E-state index is 9.70. The normalized spacial score (nSPS) is 11.4. The molecule has 0 saturated heterocycles. The number of halogens is 1. The Hall–Kier alpha value is -0.200. The summed E-state index contributed by atoms with van der Waals surface area (Å²) in [5.74, 6) is -2.77. The van der Waals surface area contributed by atoms with Gasteiger partial charge >= 0.3 is 5.91 Å². The highest BCUT2D eigenvalue weighted by Crippen LogP contribution is 2.07. The third-order valence-electron chi connectivity index (χ3n) is 0.722. The topological polar surface area (TPSA) is 83.6 Å². The average Bonchev–Trinajstić information content (AvgIpc) is 1.65. The second kappa shape index (κ2) is 3.09. The van der Waals surface area contributed by atoms with Crippen LogP contribution in [0.2, 0.25) is 0 Å². The molecule has 0 spiro atoms. The molecular weight excluding hydrogens is 194 g/mol. The summed E-state index contributed by atoms with van der Waals surface area (Å²) in [5.41, 5.74) is 0. The molecule has 0 amide bonds. The quantitative estimate of drug-likeness (QED) is 0.283. The van der Waals surface area contributed by atoms with Crippen LogP contribution in [0.15, 0.2) is 0 Å². The van der Waals surface area contributed by atoms with E-state index in [1.807, 2.05) is 0 Å². The van der Waals surface area contributed by atoms with Crippen LogP contribution >= 0.6 is 15.9 Å². The van der Waals surface area contributed by atoms with Gasteiger partial charge in [-0.25, -0.2) is 0 Å². The van der Waals surface area contributed by atoms with Crippen LogP contribution in [0, 0.1) is 10.1 Å². The highest BCUT2D eigenvalue weighted by molar-refractivity contribution is 9.09. The van der Waals surface area contributed by atoms with Gasteiger partial charge in [-0.3, -0.25) is 10.1 Å². The van der Waals surface area contributed by atoms with Crippen LogP contribution in [0.4, 0.5) is 0 Å². The molecule has 0 unspecified atom stereocenters. The Morgan fingerprint density at radius 3 is 2.22 bits per heavy atom. The zero-order valence-electron chi connectivity index (χ0n) is 4.45. The van der Waals surface area contributed by atoms with E-state index in [4.69, 9.17) is 10.2 Å². The molecule has 0 atom stereocenters. The molecule has 0 aliphatic heterocycles. The second-order valence-electron chi connectivity index (χ2n) is 1.47. The van der Waals surface area contributed by atoms with E-state index in [-0.39, 0.29) is 11.8 Å². The lowest BCUT2D eigenvalue weighted by atomic mass is 10.4. The number of nitro groups is 1. The van der Waals surface area contributed by atoms with Gasteiger partial charge in [0.15, 0.2) is 0 Å². The van der Waals surface area contributed by atoms with Crippen LogP contribution in [-0.2, 0) is 0 Å². The maximum atomic E-state index is 9.70. The van der Waals surface area contributed by atoms with Crippen molar-refractivity contribution in [3.63, 3.8) is 0 Å². The summed E-state index contributed by atoms with van der Waals surface area (Å²) in [4.78, 5) is 8.55. The first-order valence-electron chi connectivity index (χ1n) is 2.16. The van der Waals surface area contributed by atoms with Gasteiger partial charge in [0.25, 0.3) is 0 Å². The molecule has 0 aromatic heterocycles. The predicted molar refractivity (Wildman–Crippen MR) is 32.6 cm³/mol. The molecule has 6 heteroatoms. The van der Waals surface area contributed by atoms with Gasteiger partial charge in [0.2, 0.25) is 0 Å². The van der Waals surface area contributed by atoms with Crippen molar-refractivity contribution in [1.82, 2.24) is 0 Å². The SMILES string of the molecule is O=[N+]([O-])C(O)(O)CCBr. The number of hydrogen-bond donors (Lipinski definition) is 2. The smallest absolute Gasteiger partial charge is 0.307 e. The molecule has 0 fully saturated rings. The van der Waals surface area contributed by atoms with Gasteiger partial charge in [-0.1, -0.05) is 15.9 Å². The monoisotopic (exact) mass is 199 g/mol. The Kier molecular flexibility index (Phi) is 3.02. The lowest BCUT2D eigenvalue weighted by Crippen LogP contribution is -2.37. The summed E-state index contributed by atoms with van der Waals surface area (Å²) in [6, 6.07) is 0. The minimum absolute atomic E-state index is 0.182. The summed E-state index contributed by atoms with van der Waals surface area (Å²) in [7, 11) is 0. The third kappa shape index (κ3) is 2.73. The molecule has 0 radical (unpaired) electrons. The zero-order chi connectivity index (χ0) is 7.49. The van der Waals surface area contributed by atoms with Gasteiger partial charge < -0.3 is 10.2 Å². The first kappa shape index (κ1) is 8.80. The molecule has 0 aromatic carbocycles. The molecule has 0 bridgehead atoms. The predicted octanol–water partition coefficient (Wildman–Crippen LogP) is -0.314. The molecular formula is C3H6BrNO4. The Labute approximate surface area is 59.6 Å². The number of rotatable bonds is 3. The summed E-state index contributed by atoms with van der Waals surface area (Å²) in [6.45, 7) is 0. The van der Waals surface area contributed by atoms with Crippen LogP contribution in [0.3, 0.4) is 0 Å². The molecule has 2 N–H and O–H groups in total. The third-order valence-corrected chi connectivity index (χ3v) is 1.12. The van der Waals surface area contributed by atoms with E-state index in [2.05, 4.69) is 15.9 Å². The molecule has 9 heavy (non-hydrogen) atoms. The summed E-state index contributed by atoms with van der Waals surface area (Å²) in [5, 5.41) is 26.7. The Morgan fingerprint density at radius 2 is 2.11 bits per heavy atom. The molecule has 54 valence electrons. The lowest BCUT2D eigenvalue weighted by Gasteiger charge is -2.08.